The number of rotatable bonds is 5. The van der Waals surface area contributed by atoms with E-state index in [-0.39, 0.29) is 30.2 Å². The smallest absolute Gasteiger partial charge is 0.240 e. The molecular weight excluding hydrogens is 384 g/mol. The van der Waals surface area contributed by atoms with E-state index in [4.69, 9.17) is 16.5 Å². The first-order valence-electron chi connectivity index (χ1n) is 8.73. The molecule has 3 rings (SSSR count). The van der Waals surface area contributed by atoms with Gasteiger partial charge in [-0.15, -0.1) is 23.7 Å². The molecule has 6 nitrogen and oxygen atoms in total. The largest absolute Gasteiger partial charge is 0.370 e. The number of carbonyl (C=O) groups excluding carboxylic acids is 2. The van der Waals surface area contributed by atoms with Gasteiger partial charge in [-0.05, 0) is 25.3 Å². The van der Waals surface area contributed by atoms with E-state index in [1.807, 2.05) is 25.1 Å². The van der Waals surface area contributed by atoms with Gasteiger partial charge in [-0.1, -0.05) is 30.3 Å². The Hall–Kier alpha value is -1.96. The molecule has 1 fully saturated rings. The maximum absolute atomic E-state index is 12.5. The molecule has 0 bridgehead atoms. The molecule has 0 saturated carbocycles. The summed E-state index contributed by atoms with van der Waals surface area (Å²) in [6.07, 6.45) is 1.43. The van der Waals surface area contributed by atoms with Crippen LogP contribution in [0.3, 0.4) is 0 Å². The quantitative estimate of drug-likeness (QED) is 0.789. The lowest BCUT2D eigenvalue weighted by atomic mass is 9.70. The van der Waals surface area contributed by atoms with E-state index in [0.717, 1.165) is 23.5 Å². The monoisotopic (exact) mass is 408 g/mol. The van der Waals surface area contributed by atoms with Crippen molar-refractivity contribution in [2.24, 2.45) is 11.5 Å². The molecule has 1 aliphatic rings. The first kappa shape index (κ1) is 21.3. The van der Waals surface area contributed by atoms with Crippen LogP contribution in [0.15, 0.2) is 35.7 Å². The van der Waals surface area contributed by atoms with Crippen molar-refractivity contribution in [1.82, 2.24) is 9.88 Å². The molecule has 0 unspecified atom stereocenters. The van der Waals surface area contributed by atoms with Gasteiger partial charge in [0.25, 0.3) is 0 Å². The first-order chi connectivity index (χ1) is 12.4. The predicted octanol–water partition coefficient (Wildman–Crippen LogP) is 1.98. The van der Waals surface area contributed by atoms with Gasteiger partial charge in [0.1, 0.15) is 0 Å². The van der Waals surface area contributed by atoms with Crippen molar-refractivity contribution in [3.05, 3.63) is 52.0 Å². The molecule has 1 aromatic carbocycles. The van der Waals surface area contributed by atoms with Crippen LogP contribution in [0.5, 0.6) is 0 Å². The highest BCUT2D eigenvalue weighted by Gasteiger charge is 2.41. The molecule has 8 heteroatoms. The third-order valence-electron chi connectivity index (χ3n) is 5.10. The predicted molar refractivity (Wildman–Crippen MR) is 109 cm³/mol. The maximum atomic E-state index is 12.5. The van der Waals surface area contributed by atoms with Crippen molar-refractivity contribution < 1.29 is 9.59 Å². The molecule has 0 aliphatic carbocycles. The third kappa shape index (κ3) is 4.48. The average Bonchev–Trinajstić information content (AvgIpc) is 3.08. The molecule has 2 aromatic rings. The van der Waals surface area contributed by atoms with Gasteiger partial charge in [0.05, 0.1) is 23.2 Å². The number of hydrogen-bond donors (Lipinski definition) is 2. The second kappa shape index (κ2) is 8.82. The summed E-state index contributed by atoms with van der Waals surface area (Å²) < 4.78 is 0. The fourth-order valence-corrected chi connectivity index (χ4v) is 4.39. The van der Waals surface area contributed by atoms with Crippen molar-refractivity contribution in [2.45, 2.75) is 37.6 Å². The van der Waals surface area contributed by atoms with Crippen molar-refractivity contribution >= 4 is 35.6 Å². The van der Waals surface area contributed by atoms with E-state index in [0.29, 0.717) is 13.1 Å². The Morgan fingerprint density at radius 1 is 1.26 bits per heavy atom. The SMILES string of the molecule is Cc1nc(C2(c3ccccc3)CCN(C(=O)[C@H](N)CC(N)=O)CC2)cs1.Cl. The van der Waals surface area contributed by atoms with Crippen LogP contribution in [0.2, 0.25) is 0 Å². The molecule has 0 radical (unpaired) electrons. The Bertz CT molecular complexity index is 788. The van der Waals surface area contributed by atoms with Crippen molar-refractivity contribution in [2.75, 3.05) is 13.1 Å². The van der Waals surface area contributed by atoms with Crippen LogP contribution >= 0.6 is 23.7 Å². The van der Waals surface area contributed by atoms with Gasteiger partial charge in [-0.2, -0.15) is 0 Å². The maximum Gasteiger partial charge on any atom is 0.240 e. The van der Waals surface area contributed by atoms with Crippen LogP contribution in [0.4, 0.5) is 0 Å². The van der Waals surface area contributed by atoms with Gasteiger partial charge >= 0.3 is 0 Å². The Morgan fingerprint density at radius 2 is 1.89 bits per heavy atom. The summed E-state index contributed by atoms with van der Waals surface area (Å²) in [4.78, 5) is 30.0. The van der Waals surface area contributed by atoms with Crippen molar-refractivity contribution in [1.29, 1.82) is 0 Å². The minimum Gasteiger partial charge on any atom is -0.370 e. The van der Waals surface area contributed by atoms with E-state index in [1.165, 1.54) is 5.56 Å². The molecule has 146 valence electrons. The highest BCUT2D eigenvalue weighted by molar-refractivity contribution is 7.09. The third-order valence-corrected chi connectivity index (χ3v) is 5.88. The molecule has 1 saturated heterocycles. The van der Waals surface area contributed by atoms with Crippen molar-refractivity contribution in [3.8, 4) is 0 Å². The fraction of sp³-hybridized carbons (Fsp3) is 0.421. The summed E-state index contributed by atoms with van der Waals surface area (Å²) in [7, 11) is 0. The Balaban J connectivity index is 0.00000261. The molecular formula is C19H25ClN4O2S. The summed E-state index contributed by atoms with van der Waals surface area (Å²) in [6.45, 7) is 3.17. The van der Waals surface area contributed by atoms with Gasteiger partial charge in [0.15, 0.2) is 0 Å². The minimum atomic E-state index is -0.863. The number of carbonyl (C=O) groups is 2. The number of aromatic nitrogens is 1. The molecule has 1 aliphatic heterocycles. The second-order valence-corrected chi connectivity index (χ2v) is 7.86. The number of amides is 2. The second-order valence-electron chi connectivity index (χ2n) is 6.80. The fourth-order valence-electron chi connectivity index (χ4n) is 3.68. The minimum absolute atomic E-state index is 0. The molecule has 1 aromatic heterocycles. The molecule has 1 atom stereocenters. The van der Waals surface area contributed by atoms with Crippen LogP contribution < -0.4 is 11.5 Å². The van der Waals surface area contributed by atoms with Gasteiger partial charge in [0, 0.05) is 23.9 Å². The molecule has 0 spiro atoms. The van der Waals surface area contributed by atoms with Crippen LogP contribution in [-0.2, 0) is 15.0 Å². The number of thiazole rings is 1. The number of piperidine rings is 1. The van der Waals surface area contributed by atoms with E-state index in [1.54, 1.807) is 16.2 Å². The lowest BCUT2D eigenvalue weighted by molar-refractivity contribution is -0.136. The molecule has 4 N–H and O–H groups in total. The van der Waals surface area contributed by atoms with Gasteiger partial charge < -0.3 is 16.4 Å². The van der Waals surface area contributed by atoms with Crippen LogP contribution in [0.1, 0.15) is 35.5 Å². The summed E-state index contributed by atoms with van der Waals surface area (Å²) in [5, 5.41) is 3.16. The zero-order valence-corrected chi connectivity index (χ0v) is 16.9. The van der Waals surface area contributed by atoms with E-state index in [9.17, 15) is 9.59 Å². The number of hydrogen-bond acceptors (Lipinski definition) is 5. The number of halogens is 1. The van der Waals surface area contributed by atoms with Crippen LogP contribution in [-0.4, -0.2) is 40.8 Å². The Kier molecular flexibility index (Phi) is 6.97. The lowest BCUT2D eigenvalue weighted by Gasteiger charge is -2.42. The number of likely N-dealkylation sites (tertiary alicyclic amines) is 1. The summed E-state index contributed by atoms with van der Waals surface area (Å²) >= 11 is 1.65. The standard InChI is InChI=1S/C19H24N4O2S.ClH/c1-13-22-16(12-26-13)19(14-5-3-2-4-6-14)7-9-23(10-8-19)18(25)15(20)11-17(21)24;/h2-6,12,15H,7-11,20H2,1H3,(H2,21,24);1H/t15-;/m1./s1. The zero-order chi connectivity index (χ0) is 18.7. The number of aryl methyl sites for hydroxylation is 1. The first-order valence-corrected chi connectivity index (χ1v) is 9.61. The normalized spacial score (nSPS) is 17.0. The van der Waals surface area contributed by atoms with Gasteiger partial charge in [-0.3, -0.25) is 9.59 Å². The molecule has 27 heavy (non-hydrogen) atoms. The summed E-state index contributed by atoms with van der Waals surface area (Å²) in [6, 6.07) is 9.48. The number of nitrogens with two attached hydrogens (primary N) is 2. The van der Waals surface area contributed by atoms with Gasteiger partial charge in [-0.25, -0.2) is 4.98 Å². The van der Waals surface area contributed by atoms with Gasteiger partial charge in [0.2, 0.25) is 11.8 Å². The number of nitrogens with zero attached hydrogens (tertiary/aromatic N) is 2. The summed E-state index contributed by atoms with van der Waals surface area (Å²) in [5.74, 6) is -0.764. The highest BCUT2D eigenvalue weighted by Crippen LogP contribution is 2.42. The lowest BCUT2D eigenvalue weighted by Crippen LogP contribution is -2.51. The Labute approximate surface area is 169 Å². The summed E-state index contributed by atoms with van der Waals surface area (Å²) in [5.41, 5.74) is 13.1. The Morgan fingerprint density at radius 3 is 2.41 bits per heavy atom. The highest BCUT2D eigenvalue weighted by atomic mass is 35.5. The number of primary amides is 1. The van der Waals surface area contributed by atoms with Crippen molar-refractivity contribution in [3.63, 3.8) is 0 Å². The number of benzene rings is 1. The van der Waals surface area contributed by atoms with E-state index in [2.05, 4.69) is 17.5 Å². The van der Waals surface area contributed by atoms with E-state index < -0.39 is 11.9 Å². The van der Waals surface area contributed by atoms with Crippen LogP contribution in [0.25, 0.3) is 0 Å². The molecule has 2 heterocycles. The van der Waals surface area contributed by atoms with E-state index >= 15 is 0 Å². The average molecular weight is 409 g/mol. The topological polar surface area (TPSA) is 102 Å². The molecule has 2 amide bonds. The zero-order valence-electron chi connectivity index (χ0n) is 15.3. The van der Waals surface area contributed by atoms with Crippen LogP contribution in [0, 0.1) is 6.92 Å².